The molecule has 1 rings (SSSR count). The second-order valence-corrected chi connectivity index (χ2v) is 4.96. The molecule has 0 saturated heterocycles. The van der Waals surface area contributed by atoms with Crippen LogP contribution >= 0.6 is 7.75 Å². The zero-order chi connectivity index (χ0) is 10.6. The highest BCUT2D eigenvalue weighted by atomic mass is 31.2. The summed E-state index contributed by atoms with van der Waals surface area (Å²) in [6, 6.07) is 9.29. The number of hydrogen-bond donors (Lipinski definition) is 0. The molecule has 5 heteroatoms. The molecule has 0 aliphatic heterocycles. The molecule has 0 aliphatic carbocycles. The SMILES string of the molecule is COP(=O)(OC)N(C)c1ccccc1. The Labute approximate surface area is 84.0 Å². The van der Waals surface area contributed by atoms with Crippen LogP contribution in [0.2, 0.25) is 0 Å². The minimum absolute atomic E-state index is 0.791. The monoisotopic (exact) mass is 215 g/mol. The largest absolute Gasteiger partial charge is 0.434 e. The van der Waals surface area contributed by atoms with Gasteiger partial charge in [0.1, 0.15) is 0 Å². The van der Waals surface area contributed by atoms with Crippen LogP contribution in [0, 0.1) is 0 Å². The maximum Gasteiger partial charge on any atom is 0.434 e. The maximum absolute atomic E-state index is 11.9. The Morgan fingerprint density at radius 2 is 1.64 bits per heavy atom. The van der Waals surface area contributed by atoms with Crippen molar-refractivity contribution >= 4 is 13.4 Å². The third kappa shape index (κ3) is 2.15. The molecule has 0 saturated carbocycles. The van der Waals surface area contributed by atoms with Gasteiger partial charge < -0.3 is 0 Å². The third-order valence-corrected chi connectivity index (χ3v) is 3.85. The maximum atomic E-state index is 11.9. The predicted octanol–water partition coefficient (Wildman–Crippen LogP) is 2.52. The van der Waals surface area contributed by atoms with Crippen molar-refractivity contribution in [3.63, 3.8) is 0 Å². The van der Waals surface area contributed by atoms with Crippen molar-refractivity contribution in [3.05, 3.63) is 30.3 Å². The average Bonchev–Trinajstić information content (AvgIpc) is 2.28. The lowest BCUT2D eigenvalue weighted by Gasteiger charge is -2.25. The lowest BCUT2D eigenvalue weighted by atomic mass is 10.3. The number of benzene rings is 1. The standard InChI is InChI=1S/C9H14NO3P/c1-10(14(11,12-2)13-3)9-7-5-4-6-8-9/h4-8H,1-3H3. The topological polar surface area (TPSA) is 38.8 Å². The van der Waals surface area contributed by atoms with Crippen LogP contribution in [-0.4, -0.2) is 21.3 Å². The molecule has 0 amide bonds. The Hall–Kier alpha value is -0.830. The first-order chi connectivity index (χ1) is 6.64. The Morgan fingerprint density at radius 3 is 2.07 bits per heavy atom. The van der Waals surface area contributed by atoms with E-state index in [1.165, 1.54) is 18.9 Å². The summed E-state index contributed by atoms with van der Waals surface area (Å²) in [4.78, 5) is 0. The van der Waals surface area contributed by atoms with E-state index in [2.05, 4.69) is 0 Å². The molecule has 0 heterocycles. The molecule has 14 heavy (non-hydrogen) atoms. The lowest BCUT2D eigenvalue weighted by Crippen LogP contribution is -2.15. The van der Waals surface area contributed by atoms with Crippen molar-refractivity contribution in [2.45, 2.75) is 0 Å². The van der Waals surface area contributed by atoms with Crippen LogP contribution in [0.4, 0.5) is 5.69 Å². The first-order valence-corrected chi connectivity index (χ1v) is 5.64. The van der Waals surface area contributed by atoms with E-state index in [9.17, 15) is 4.57 Å². The first kappa shape index (κ1) is 11.2. The van der Waals surface area contributed by atoms with Gasteiger partial charge in [-0.05, 0) is 12.1 Å². The van der Waals surface area contributed by atoms with E-state index >= 15 is 0 Å². The van der Waals surface area contributed by atoms with Gasteiger partial charge >= 0.3 is 7.75 Å². The van der Waals surface area contributed by atoms with Gasteiger partial charge in [-0.25, -0.2) is 4.57 Å². The van der Waals surface area contributed by atoms with Crippen LogP contribution in [0.1, 0.15) is 0 Å². The van der Waals surface area contributed by atoms with E-state index in [0.717, 1.165) is 5.69 Å². The Morgan fingerprint density at radius 1 is 1.14 bits per heavy atom. The summed E-state index contributed by atoms with van der Waals surface area (Å²) in [7, 11) is 1.24. The summed E-state index contributed by atoms with van der Waals surface area (Å²) in [5, 5.41) is 0. The molecule has 0 bridgehead atoms. The van der Waals surface area contributed by atoms with E-state index in [-0.39, 0.29) is 0 Å². The summed E-state index contributed by atoms with van der Waals surface area (Å²) >= 11 is 0. The third-order valence-electron chi connectivity index (χ3n) is 1.96. The van der Waals surface area contributed by atoms with Gasteiger partial charge in [-0.3, -0.25) is 13.7 Å². The van der Waals surface area contributed by atoms with E-state index in [4.69, 9.17) is 9.05 Å². The van der Waals surface area contributed by atoms with Crippen LogP contribution < -0.4 is 4.67 Å². The molecule has 0 radical (unpaired) electrons. The predicted molar refractivity (Wildman–Crippen MR) is 56.5 cm³/mol. The smallest absolute Gasteiger partial charge is 0.296 e. The molecule has 0 N–H and O–H groups in total. The Bertz CT molecular complexity index is 320. The minimum atomic E-state index is -3.16. The van der Waals surface area contributed by atoms with Gasteiger partial charge in [-0.1, -0.05) is 18.2 Å². The summed E-state index contributed by atoms with van der Waals surface area (Å²) < 4.78 is 23.2. The summed E-state index contributed by atoms with van der Waals surface area (Å²) in [6.07, 6.45) is 0. The molecule has 1 aromatic rings. The number of anilines is 1. The van der Waals surface area contributed by atoms with Crippen LogP contribution in [0.3, 0.4) is 0 Å². The van der Waals surface area contributed by atoms with Gasteiger partial charge in [0.15, 0.2) is 0 Å². The van der Waals surface area contributed by atoms with Gasteiger partial charge in [0.2, 0.25) is 0 Å². The molecule has 0 aromatic heterocycles. The zero-order valence-corrected chi connectivity index (χ0v) is 9.40. The fourth-order valence-electron chi connectivity index (χ4n) is 1.10. The highest BCUT2D eigenvalue weighted by molar-refractivity contribution is 7.55. The van der Waals surface area contributed by atoms with Gasteiger partial charge in [0.05, 0.1) is 0 Å². The second-order valence-electron chi connectivity index (χ2n) is 2.69. The fraction of sp³-hybridized carbons (Fsp3) is 0.333. The van der Waals surface area contributed by atoms with Crippen LogP contribution in [0.5, 0.6) is 0 Å². The molecule has 4 nitrogen and oxygen atoms in total. The molecule has 0 fully saturated rings. The van der Waals surface area contributed by atoms with Gasteiger partial charge in [0.25, 0.3) is 0 Å². The van der Waals surface area contributed by atoms with E-state index in [1.54, 1.807) is 7.05 Å². The molecule has 1 aromatic carbocycles. The van der Waals surface area contributed by atoms with E-state index in [1.807, 2.05) is 30.3 Å². The first-order valence-electron chi connectivity index (χ1n) is 4.15. The quantitative estimate of drug-likeness (QED) is 0.723. The van der Waals surface area contributed by atoms with E-state index in [0.29, 0.717) is 0 Å². The van der Waals surface area contributed by atoms with Crippen LogP contribution in [-0.2, 0) is 13.6 Å². The van der Waals surface area contributed by atoms with Crippen molar-refractivity contribution in [1.82, 2.24) is 0 Å². The van der Waals surface area contributed by atoms with Gasteiger partial charge in [-0.2, -0.15) is 0 Å². The summed E-state index contributed by atoms with van der Waals surface area (Å²) in [6.45, 7) is 0. The molecule has 78 valence electrons. The molecule has 0 unspecified atom stereocenters. The number of para-hydroxylation sites is 1. The average molecular weight is 215 g/mol. The molecule has 0 aliphatic rings. The number of rotatable bonds is 4. The molecule has 0 atom stereocenters. The highest BCUT2D eigenvalue weighted by Gasteiger charge is 2.27. The lowest BCUT2D eigenvalue weighted by molar-refractivity contribution is 0.274. The molecular weight excluding hydrogens is 201 g/mol. The number of hydrogen-bond acceptors (Lipinski definition) is 3. The highest BCUT2D eigenvalue weighted by Crippen LogP contribution is 2.51. The van der Waals surface area contributed by atoms with Crippen molar-refractivity contribution < 1.29 is 13.6 Å². The van der Waals surface area contributed by atoms with Gasteiger partial charge in [-0.15, -0.1) is 0 Å². The number of nitrogens with zero attached hydrogens (tertiary/aromatic N) is 1. The summed E-state index contributed by atoms with van der Waals surface area (Å²) in [5.74, 6) is 0. The normalized spacial score (nSPS) is 11.4. The minimum Gasteiger partial charge on any atom is -0.296 e. The summed E-state index contributed by atoms with van der Waals surface area (Å²) in [5.41, 5.74) is 0.791. The van der Waals surface area contributed by atoms with Crippen LogP contribution in [0.15, 0.2) is 30.3 Å². The van der Waals surface area contributed by atoms with Gasteiger partial charge in [0, 0.05) is 27.0 Å². The Kier molecular flexibility index (Phi) is 3.69. The van der Waals surface area contributed by atoms with Crippen molar-refractivity contribution in [2.75, 3.05) is 25.9 Å². The second kappa shape index (κ2) is 4.60. The van der Waals surface area contributed by atoms with E-state index < -0.39 is 7.75 Å². The van der Waals surface area contributed by atoms with Crippen LogP contribution in [0.25, 0.3) is 0 Å². The molecular formula is C9H14NO3P. The molecule has 0 spiro atoms. The van der Waals surface area contributed by atoms with Crippen molar-refractivity contribution in [3.8, 4) is 0 Å². The van der Waals surface area contributed by atoms with Crippen molar-refractivity contribution in [1.29, 1.82) is 0 Å². The Balaban J connectivity index is 2.95. The fourth-order valence-corrected chi connectivity index (χ4v) is 2.16. The zero-order valence-electron chi connectivity index (χ0n) is 8.51. The van der Waals surface area contributed by atoms with Crippen molar-refractivity contribution in [2.24, 2.45) is 0 Å².